The minimum atomic E-state index is -0.259. The summed E-state index contributed by atoms with van der Waals surface area (Å²) in [5.41, 5.74) is 0.709. The van der Waals surface area contributed by atoms with E-state index < -0.39 is 0 Å². The Morgan fingerprint density at radius 2 is 2.03 bits per heavy atom. The molecule has 3 fully saturated rings. The van der Waals surface area contributed by atoms with Crippen molar-refractivity contribution in [1.29, 1.82) is 0 Å². The van der Waals surface area contributed by atoms with Crippen LogP contribution in [-0.4, -0.2) is 61.4 Å². The number of hydrogen-bond donors (Lipinski definition) is 1. The van der Waals surface area contributed by atoms with Gasteiger partial charge < -0.3 is 15.0 Å². The van der Waals surface area contributed by atoms with Gasteiger partial charge in [0.1, 0.15) is 5.75 Å². The molecule has 6 nitrogen and oxygen atoms in total. The molecule has 2 aliphatic heterocycles. The van der Waals surface area contributed by atoms with Gasteiger partial charge in [-0.2, -0.15) is 0 Å². The van der Waals surface area contributed by atoms with E-state index in [1.165, 1.54) is 19.3 Å². The third kappa shape index (κ3) is 4.42. The van der Waals surface area contributed by atoms with E-state index >= 15 is 0 Å². The first-order valence-electron chi connectivity index (χ1n) is 11.0. The van der Waals surface area contributed by atoms with Crippen LogP contribution in [0.1, 0.15) is 44.1 Å². The van der Waals surface area contributed by atoms with Gasteiger partial charge in [0.25, 0.3) is 0 Å². The molecule has 1 saturated carbocycles. The van der Waals surface area contributed by atoms with Gasteiger partial charge >= 0.3 is 0 Å². The summed E-state index contributed by atoms with van der Waals surface area (Å²) in [5.74, 6) is 1.84. The smallest absolute Gasteiger partial charge is 0.234 e. The molecule has 1 aliphatic carbocycles. The molecule has 2 heterocycles. The fourth-order valence-corrected chi connectivity index (χ4v) is 5.09. The molecule has 0 aromatic heterocycles. The normalized spacial score (nSPS) is 25.3. The SMILES string of the molecule is COc1ccccc1CNC(=O)CN1CC[C@]2(CCCN(CC3CCC3)C2=O)C1. The van der Waals surface area contributed by atoms with Crippen molar-refractivity contribution < 1.29 is 14.3 Å². The second-order valence-electron chi connectivity index (χ2n) is 8.98. The third-order valence-electron chi connectivity index (χ3n) is 7.00. The quantitative estimate of drug-likeness (QED) is 0.765. The maximum absolute atomic E-state index is 13.2. The van der Waals surface area contributed by atoms with Crippen molar-refractivity contribution in [3.63, 3.8) is 0 Å². The van der Waals surface area contributed by atoms with Gasteiger partial charge in [0.15, 0.2) is 0 Å². The maximum Gasteiger partial charge on any atom is 0.234 e. The van der Waals surface area contributed by atoms with Crippen LogP contribution in [0.3, 0.4) is 0 Å². The van der Waals surface area contributed by atoms with E-state index in [-0.39, 0.29) is 11.3 Å². The number of ether oxygens (including phenoxy) is 1. The Hall–Kier alpha value is -2.08. The highest BCUT2D eigenvalue weighted by atomic mass is 16.5. The van der Waals surface area contributed by atoms with Gasteiger partial charge in [-0.1, -0.05) is 24.6 Å². The number of nitrogens with zero attached hydrogens (tertiary/aromatic N) is 2. The summed E-state index contributed by atoms with van der Waals surface area (Å²) in [4.78, 5) is 30.0. The van der Waals surface area contributed by atoms with E-state index in [9.17, 15) is 9.59 Å². The van der Waals surface area contributed by atoms with Crippen molar-refractivity contribution in [3.05, 3.63) is 29.8 Å². The molecule has 29 heavy (non-hydrogen) atoms. The lowest BCUT2D eigenvalue weighted by atomic mass is 9.77. The molecule has 1 spiro atoms. The topological polar surface area (TPSA) is 61.9 Å². The Bertz CT molecular complexity index is 749. The molecule has 1 N–H and O–H groups in total. The number of hydrogen-bond acceptors (Lipinski definition) is 4. The number of benzene rings is 1. The first kappa shape index (κ1) is 20.2. The number of carbonyl (C=O) groups is 2. The molecule has 2 saturated heterocycles. The second-order valence-corrected chi connectivity index (χ2v) is 8.98. The highest BCUT2D eigenvalue weighted by Crippen LogP contribution is 2.41. The van der Waals surface area contributed by atoms with Gasteiger partial charge in [0, 0.05) is 31.7 Å². The second kappa shape index (κ2) is 8.74. The number of carbonyl (C=O) groups excluding carboxylic acids is 2. The fourth-order valence-electron chi connectivity index (χ4n) is 5.09. The molecule has 1 aromatic rings. The number of piperidine rings is 1. The molecule has 3 aliphatic rings. The van der Waals surface area contributed by atoms with Crippen molar-refractivity contribution in [3.8, 4) is 5.75 Å². The number of amides is 2. The molecule has 158 valence electrons. The first-order valence-corrected chi connectivity index (χ1v) is 11.0. The lowest BCUT2D eigenvalue weighted by Crippen LogP contribution is -2.52. The fraction of sp³-hybridized carbons (Fsp3) is 0.652. The van der Waals surface area contributed by atoms with Gasteiger partial charge in [0.05, 0.1) is 19.1 Å². The number of nitrogens with one attached hydrogen (secondary N) is 1. The van der Waals surface area contributed by atoms with Gasteiger partial charge in [0.2, 0.25) is 11.8 Å². The van der Waals surface area contributed by atoms with E-state index in [1.54, 1.807) is 7.11 Å². The van der Waals surface area contributed by atoms with Crippen LogP contribution in [0.4, 0.5) is 0 Å². The van der Waals surface area contributed by atoms with Crippen LogP contribution in [0.25, 0.3) is 0 Å². The minimum Gasteiger partial charge on any atom is -0.496 e. The third-order valence-corrected chi connectivity index (χ3v) is 7.00. The number of methoxy groups -OCH3 is 1. The molecule has 6 heteroatoms. The van der Waals surface area contributed by atoms with Crippen molar-refractivity contribution in [2.75, 3.05) is 39.8 Å². The zero-order valence-corrected chi connectivity index (χ0v) is 17.5. The Labute approximate surface area is 173 Å². The zero-order chi connectivity index (χ0) is 20.3. The predicted octanol–water partition coefficient (Wildman–Crippen LogP) is 2.43. The molecule has 4 rings (SSSR count). The molecule has 0 bridgehead atoms. The molecule has 0 radical (unpaired) electrons. The van der Waals surface area contributed by atoms with Gasteiger partial charge in [-0.3, -0.25) is 14.5 Å². The van der Waals surface area contributed by atoms with Gasteiger partial charge in [-0.25, -0.2) is 0 Å². The monoisotopic (exact) mass is 399 g/mol. The summed E-state index contributed by atoms with van der Waals surface area (Å²) < 4.78 is 5.34. The standard InChI is InChI=1S/C23H33N3O3/c1-29-20-9-3-2-8-19(20)14-24-21(27)16-25-13-11-23(17-25)10-5-12-26(22(23)28)15-18-6-4-7-18/h2-3,8-9,18H,4-7,10-17H2,1H3,(H,24,27)/t23-/m1/s1. The number of likely N-dealkylation sites (tertiary alicyclic amines) is 2. The van der Waals surface area contributed by atoms with E-state index in [2.05, 4.69) is 15.1 Å². The van der Waals surface area contributed by atoms with Crippen LogP contribution in [0.2, 0.25) is 0 Å². The van der Waals surface area contributed by atoms with Crippen LogP contribution < -0.4 is 10.1 Å². The Balaban J connectivity index is 1.28. The van der Waals surface area contributed by atoms with E-state index in [1.807, 2.05) is 24.3 Å². The lowest BCUT2D eigenvalue weighted by molar-refractivity contribution is -0.147. The molecule has 1 aromatic carbocycles. The average Bonchev–Trinajstić information content (AvgIpc) is 3.09. The molecule has 2 amide bonds. The summed E-state index contributed by atoms with van der Waals surface area (Å²) in [6.07, 6.45) is 6.80. The van der Waals surface area contributed by atoms with E-state index in [0.717, 1.165) is 56.8 Å². The van der Waals surface area contributed by atoms with Crippen molar-refractivity contribution in [1.82, 2.24) is 15.1 Å². The Morgan fingerprint density at radius 3 is 2.79 bits per heavy atom. The highest BCUT2D eigenvalue weighted by molar-refractivity contribution is 5.84. The van der Waals surface area contributed by atoms with E-state index in [0.29, 0.717) is 24.9 Å². The molecular formula is C23H33N3O3. The van der Waals surface area contributed by atoms with Crippen molar-refractivity contribution >= 4 is 11.8 Å². The summed E-state index contributed by atoms with van der Waals surface area (Å²) in [6, 6.07) is 7.72. The zero-order valence-electron chi connectivity index (χ0n) is 17.5. The van der Waals surface area contributed by atoms with Crippen LogP contribution in [0, 0.1) is 11.3 Å². The maximum atomic E-state index is 13.2. The van der Waals surface area contributed by atoms with Crippen LogP contribution in [0.15, 0.2) is 24.3 Å². The lowest BCUT2D eigenvalue weighted by Gasteiger charge is -2.42. The largest absolute Gasteiger partial charge is 0.496 e. The number of para-hydroxylation sites is 1. The highest BCUT2D eigenvalue weighted by Gasteiger charge is 2.48. The Morgan fingerprint density at radius 1 is 1.21 bits per heavy atom. The predicted molar refractivity (Wildman–Crippen MR) is 111 cm³/mol. The Kier molecular flexibility index (Phi) is 6.09. The van der Waals surface area contributed by atoms with Crippen molar-refractivity contribution in [2.24, 2.45) is 11.3 Å². The van der Waals surface area contributed by atoms with Crippen molar-refractivity contribution in [2.45, 2.75) is 45.1 Å². The van der Waals surface area contributed by atoms with E-state index in [4.69, 9.17) is 4.74 Å². The van der Waals surface area contributed by atoms with Gasteiger partial charge in [-0.15, -0.1) is 0 Å². The summed E-state index contributed by atoms with van der Waals surface area (Å²) in [6.45, 7) is 4.21. The van der Waals surface area contributed by atoms with Crippen LogP contribution >= 0.6 is 0 Å². The number of rotatable bonds is 7. The van der Waals surface area contributed by atoms with Crippen LogP contribution in [-0.2, 0) is 16.1 Å². The molecule has 1 atom stereocenters. The molecular weight excluding hydrogens is 366 g/mol. The average molecular weight is 400 g/mol. The molecule has 0 unspecified atom stereocenters. The summed E-state index contributed by atoms with van der Waals surface area (Å²) >= 11 is 0. The minimum absolute atomic E-state index is 0.00235. The van der Waals surface area contributed by atoms with Crippen LogP contribution in [0.5, 0.6) is 5.75 Å². The summed E-state index contributed by atoms with van der Waals surface area (Å²) in [5, 5.41) is 3.00. The van der Waals surface area contributed by atoms with Gasteiger partial charge in [-0.05, 0) is 50.6 Å². The first-order chi connectivity index (χ1) is 14.1. The summed E-state index contributed by atoms with van der Waals surface area (Å²) in [7, 11) is 1.64.